The van der Waals surface area contributed by atoms with E-state index in [-0.39, 0.29) is 30.0 Å². The molecular formula is C17H27N3O4S. The highest BCUT2D eigenvalue weighted by Gasteiger charge is 2.24. The number of carbonyl (C=O) groups excluding carboxylic acids is 1. The van der Waals surface area contributed by atoms with Crippen molar-refractivity contribution < 1.29 is 17.9 Å². The Kier molecular flexibility index (Phi) is 7.37. The summed E-state index contributed by atoms with van der Waals surface area (Å²) in [6.07, 6.45) is 4.44. The third-order valence-corrected chi connectivity index (χ3v) is 5.63. The Morgan fingerprint density at radius 3 is 2.72 bits per heavy atom. The van der Waals surface area contributed by atoms with Gasteiger partial charge in [0.2, 0.25) is 10.0 Å². The van der Waals surface area contributed by atoms with E-state index in [2.05, 4.69) is 10.0 Å². The molecule has 8 heteroatoms. The number of amides is 1. The highest BCUT2D eigenvalue weighted by atomic mass is 32.2. The molecule has 1 aromatic rings. The van der Waals surface area contributed by atoms with Crippen LogP contribution in [0, 0.1) is 0 Å². The second kappa shape index (κ2) is 9.28. The van der Waals surface area contributed by atoms with Crippen molar-refractivity contribution >= 4 is 21.6 Å². The first-order chi connectivity index (χ1) is 12.0. The number of rotatable bonds is 9. The van der Waals surface area contributed by atoms with E-state index in [0.29, 0.717) is 12.1 Å². The number of anilines is 1. The van der Waals surface area contributed by atoms with Crippen molar-refractivity contribution in [2.24, 2.45) is 5.73 Å². The minimum absolute atomic E-state index is 0.0866. The Morgan fingerprint density at radius 1 is 1.36 bits per heavy atom. The quantitative estimate of drug-likeness (QED) is 0.612. The summed E-state index contributed by atoms with van der Waals surface area (Å²) < 4.78 is 32.6. The number of benzene rings is 1. The molecule has 1 aromatic carbocycles. The standard InChI is InChI=1S/C17H27N3O4S/c1-2-16(24-14-7-3-4-8-14)17(21)20-13-6-5-9-15(12-13)25(22,23)19-11-10-18/h5-6,9,12,14,16,19H,2-4,7-8,10-11,18H2,1H3,(H,20,21). The molecule has 1 saturated carbocycles. The first-order valence-electron chi connectivity index (χ1n) is 8.72. The second-order valence-corrected chi connectivity index (χ2v) is 7.91. The fourth-order valence-corrected chi connectivity index (χ4v) is 3.93. The van der Waals surface area contributed by atoms with E-state index in [1.807, 2.05) is 6.92 Å². The van der Waals surface area contributed by atoms with Crippen LogP contribution in [-0.4, -0.2) is 39.6 Å². The predicted molar refractivity (Wildman–Crippen MR) is 96.7 cm³/mol. The molecule has 1 fully saturated rings. The summed E-state index contributed by atoms with van der Waals surface area (Å²) in [5.41, 5.74) is 5.75. The molecule has 1 aliphatic carbocycles. The van der Waals surface area contributed by atoms with Gasteiger partial charge in [-0.05, 0) is 37.5 Å². The third-order valence-electron chi connectivity index (χ3n) is 4.17. The lowest BCUT2D eigenvalue weighted by molar-refractivity contribution is -0.131. The maximum Gasteiger partial charge on any atom is 0.253 e. The van der Waals surface area contributed by atoms with Gasteiger partial charge in [0.25, 0.3) is 5.91 Å². The van der Waals surface area contributed by atoms with Crippen LogP contribution in [0.3, 0.4) is 0 Å². The van der Waals surface area contributed by atoms with Crippen LogP contribution < -0.4 is 15.8 Å². The molecule has 140 valence electrons. The summed E-state index contributed by atoms with van der Waals surface area (Å²) in [6, 6.07) is 6.15. The van der Waals surface area contributed by atoms with Gasteiger partial charge in [0.15, 0.2) is 0 Å². The van der Waals surface area contributed by atoms with Crippen molar-refractivity contribution in [3.8, 4) is 0 Å². The van der Waals surface area contributed by atoms with Gasteiger partial charge in [-0.15, -0.1) is 0 Å². The minimum atomic E-state index is -3.64. The summed E-state index contributed by atoms with van der Waals surface area (Å²) in [7, 11) is -3.64. The number of nitrogens with one attached hydrogen (secondary N) is 2. The first kappa shape index (κ1) is 19.8. The molecule has 0 aliphatic heterocycles. The Bertz CT molecular complexity index is 672. The van der Waals surface area contributed by atoms with Crippen molar-refractivity contribution in [1.29, 1.82) is 0 Å². The summed E-state index contributed by atoms with van der Waals surface area (Å²) in [6.45, 7) is 2.27. The molecule has 0 radical (unpaired) electrons. The first-order valence-corrected chi connectivity index (χ1v) is 10.2. The smallest absolute Gasteiger partial charge is 0.253 e. The molecule has 1 aliphatic rings. The molecule has 4 N–H and O–H groups in total. The average molecular weight is 369 g/mol. The van der Waals surface area contributed by atoms with Crippen LogP contribution in [0.15, 0.2) is 29.2 Å². The van der Waals surface area contributed by atoms with Gasteiger partial charge >= 0.3 is 0 Å². The van der Waals surface area contributed by atoms with E-state index in [4.69, 9.17) is 10.5 Å². The largest absolute Gasteiger partial charge is 0.365 e. The molecule has 0 heterocycles. The number of carbonyl (C=O) groups is 1. The summed E-state index contributed by atoms with van der Waals surface area (Å²) in [5.74, 6) is -0.251. The van der Waals surface area contributed by atoms with Crippen molar-refractivity contribution in [3.63, 3.8) is 0 Å². The van der Waals surface area contributed by atoms with Crippen LogP contribution in [0.1, 0.15) is 39.0 Å². The number of ether oxygens (including phenoxy) is 1. The monoisotopic (exact) mass is 369 g/mol. The van der Waals surface area contributed by atoms with E-state index in [9.17, 15) is 13.2 Å². The molecule has 0 saturated heterocycles. The van der Waals surface area contributed by atoms with Gasteiger partial charge in [0, 0.05) is 18.8 Å². The van der Waals surface area contributed by atoms with Gasteiger partial charge in [-0.25, -0.2) is 13.1 Å². The molecule has 7 nitrogen and oxygen atoms in total. The molecule has 2 rings (SSSR count). The zero-order chi connectivity index (χ0) is 18.3. The lowest BCUT2D eigenvalue weighted by Crippen LogP contribution is -2.33. The SMILES string of the molecule is CCC(OC1CCCC1)C(=O)Nc1cccc(S(=O)(=O)NCCN)c1. The summed E-state index contributed by atoms with van der Waals surface area (Å²) in [5, 5.41) is 2.75. The van der Waals surface area contributed by atoms with E-state index < -0.39 is 16.1 Å². The summed E-state index contributed by atoms with van der Waals surface area (Å²) >= 11 is 0. The maximum absolute atomic E-state index is 12.4. The number of hydrogen-bond donors (Lipinski definition) is 3. The molecule has 0 bridgehead atoms. The van der Waals surface area contributed by atoms with Gasteiger partial charge in [-0.2, -0.15) is 0 Å². The van der Waals surface area contributed by atoms with Crippen molar-refractivity contribution in [3.05, 3.63) is 24.3 Å². The predicted octanol–water partition coefficient (Wildman–Crippen LogP) is 1.60. The highest BCUT2D eigenvalue weighted by molar-refractivity contribution is 7.89. The van der Waals surface area contributed by atoms with Crippen LogP contribution in [-0.2, 0) is 19.6 Å². The van der Waals surface area contributed by atoms with E-state index >= 15 is 0 Å². The van der Waals surface area contributed by atoms with Crippen LogP contribution in [0.25, 0.3) is 0 Å². The lowest BCUT2D eigenvalue weighted by atomic mass is 10.2. The fraction of sp³-hybridized carbons (Fsp3) is 0.588. The van der Waals surface area contributed by atoms with Crippen molar-refractivity contribution in [2.45, 2.75) is 56.1 Å². The normalized spacial score (nSPS) is 16.7. The van der Waals surface area contributed by atoms with E-state index in [1.54, 1.807) is 12.1 Å². The second-order valence-electron chi connectivity index (χ2n) is 6.14. The van der Waals surface area contributed by atoms with Crippen LogP contribution in [0.5, 0.6) is 0 Å². The molecule has 1 amide bonds. The van der Waals surface area contributed by atoms with Gasteiger partial charge in [0.05, 0.1) is 11.0 Å². The number of sulfonamides is 1. The molecule has 1 atom stereocenters. The Labute approximate surface area is 149 Å². The van der Waals surface area contributed by atoms with Crippen LogP contribution in [0.4, 0.5) is 5.69 Å². The van der Waals surface area contributed by atoms with Crippen molar-refractivity contribution in [2.75, 3.05) is 18.4 Å². The Balaban J connectivity index is 2.03. The van der Waals surface area contributed by atoms with Gasteiger partial charge in [-0.3, -0.25) is 4.79 Å². The molecule has 0 aromatic heterocycles. The third kappa shape index (κ3) is 5.78. The summed E-state index contributed by atoms with van der Waals surface area (Å²) in [4.78, 5) is 12.5. The van der Waals surface area contributed by atoms with Crippen molar-refractivity contribution in [1.82, 2.24) is 4.72 Å². The lowest BCUT2D eigenvalue weighted by Gasteiger charge is -2.20. The minimum Gasteiger partial charge on any atom is -0.365 e. The Morgan fingerprint density at radius 2 is 2.08 bits per heavy atom. The number of hydrogen-bond acceptors (Lipinski definition) is 5. The molecular weight excluding hydrogens is 342 g/mol. The topological polar surface area (TPSA) is 111 Å². The number of nitrogens with two attached hydrogens (primary N) is 1. The van der Waals surface area contributed by atoms with E-state index in [1.165, 1.54) is 12.1 Å². The van der Waals surface area contributed by atoms with Gasteiger partial charge < -0.3 is 15.8 Å². The average Bonchev–Trinajstić information content (AvgIpc) is 3.11. The zero-order valence-corrected chi connectivity index (χ0v) is 15.3. The van der Waals surface area contributed by atoms with E-state index in [0.717, 1.165) is 25.7 Å². The van der Waals surface area contributed by atoms with Crippen LogP contribution >= 0.6 is 0 Å². The Hall–Kier alpha value is -1.48. The molecule has 25 heavy (non-hydrogen) atoms. The zero-order valence-electron chi connectivity index (χ0n) is 14.5. The van der Waals surface area contributed by atoms with Gasteiger partial charge in [0.1, 0.15) is 6.10 Å². The van der Waals surface area contributed by atoms with Crippen LogP contribution in [0.2, 0.25) is 0 Å². The van der Waals surface area contributed by atoms with Gasteiger partial charge in [-0.1, -0.05) is 25.8 Å². The fourth-order valence-electron chi connectivity index (χ4n) is 2.84. The highest BCUT2D eigenvalue weighted by Crippen LogP contribution is 2.23. The molecule has 0 spiro atoms. The maximum atomic E-state index is 12.4. The molecule has 1 unspecified atom stereocenters.